The van der Waals surface area contributed by atoms with Crippen molar-refractivity contribution < 1.29 is 9.59 Å². The number of nitrogens with one attached hydrogen (secondary N) is 1. The van der Waals surface area contributed by atoms with Gasteiger partial charge in [0.05, 0.1) is 12.2 Å². The Morgan fingerprint density at radius 1 is 1.30 bits per heavy atom. The molecule has 0 bridgehead atoms. The van der Waals surface area contributed by atoms with Gasteiger partial charge in [-0.1, -0.05) is 26.8 Å². The first-order valence-electron chi connectivity index (χ1n) is 6.81. The lowest BCUT2D eigenvalue weighted by Gasteiger charge is -2.43. The van der Waals surface area contributed by atoms with Crippen molar-refractivity contribution >= 4 is 11.8 Å². The van der Waals surface area contributed by atoms with Gasteiger partial charge in [-0.25, -0.2) is 0 Å². The molecule has 1 fully saturated rings. The van der Waals surface area contributed by atoms with Gasteiger partial charge in [-0.2, -0.15) is 0 Å². The summed E-state index contributed by atoms with van der Waals surface area (Å²) in [6.07, 6.45) is 1.69. The van der Waals surface area contributed by atoms with Crippen LogP contribution in [0.4, 0.5) is 0 Å². The molecule has 0 radical (unpaired) electrons. The number of carbonyl (C=O) groups is 2. The fraction of sp³-hybridized carbons (Fsp3) is 0.533. The van der Waals surface area contributed by atoms with Gasteiger partial charge in [-0.3, -0.25) is 14.6 Å². The second kappa shape index (κ2) is 5.23. The van der Waals surface area contributed by atoms with Crippen LogP contribution in [0.3, 0.4) is 0 Å². The van der Waals surface area contributed by atoms with Crippen LogP contribution in [0.1, 0.15) is 33.4 Å². The van der Waals surface area contributed by atoms with Crippen LogP contribution in [0, 0.1) is 5.41 Å². The smallest absolute Gasteiger partial charge is 0.245 e. The maximum Gasteiger partial charge on any atom is 0.245 e. The van der Waals surface area contributed by atoms with Gasteiger partial charge >= 0.3 is 0 Å². The summed E-state index contributed by atoms with van der Waals surface area (Å²) in [5, 5.41) is 2.75. The number of piperazine rings is 1. The minimum Gasteiger partial charge on any atom is -0.343 e. The first kappa shape index (κ1) is 14.5. The van der Waals surface area contributed by atoms with Gasteiger partial charge < -0.3 is 10.2 Å². The molecule has 0 saturated carbocycles. The van der Waals surface area contributed by atoms with Crippen molar-refractivity contribution in [1.29, 1.82) is 0 Å². The molecule has 2 rings (SSSR count). The molecular formula is C15H21N3O2. The highest BCUT2D eigenvalue weighted by Crippen LogP contribution is 2.28. The van der Waals surface area contributed by atoms with E-state index in [1.54, 1.807) is 18.0 Å². The van der Waals surface area contributed by atoms with Gasteiger partial charge in [0.2, 0.25) is 11.8 Å². The SMILES string of the molecule is CC1NC(=O)C(C(C)(C)C)N(Cc2ccccn2)C1=O. The van der Waals surface area contributed by atoms with Crippen LogP contribution < -0.4 is 5.32 Å². The molecule has 0 aromatic carbocycles. The first-order valence-corrected chi connectivity index (χ1v) is 6.81. The molecule has 1 aromatic rings. The Morgan fingerprint density at radius 3 is 2.55 bits per heavy atom. The molecule has 2 atom stereocenters. The van der Waals surface area contributed by atoms with Crippen molar-refractivity contribution in [2.45, 2.75) is 46.3 Å². The van der Waals surface area contributed by atoms with Crippen molar-refractivity contribution in [1.82, 2.24) is 15.2 Å². The highest BCUT2D eigenvalue weighted by molar-refractivity contribution is 5.97. The summed E-state index contributed by atoms with van der Waals surface area (Å²) < 4.78 is 0. The van der Waals surface area contributed by atoms with Crippen LogP contribution in [-0.2, 0) is 16.1 Å². The predicted molar refractivity (Wildman–Crippen MR) is 75.6 cm³/mol. The largest absolute Gasteiger partial charge is 0.343 e. The predicted octanol–water partition coefficient (Wildman–Crippen LogP) is 1.34. The van der Waals surface area contributed by atoms with E-state index in [-0.39, 0.29) is 17.2 Å². The minimum atomic E-state index is -0.482. The van der Waals surface area contributed by atoms with Gasteiger partial charge in [-0.05, 0) is 24.5 Å². The normalized spacial score (nSPS) is 23.7. The second-order valence-corrected chi connectivity index (χ2v) is 6.29. The average molecular weight is 275 g/mol. The molecule has 0 spiro atoms. The third-order valence-corrected chi connectivity index (χ3v) is 3.45. The van der Waals surface area contributed by atoms with E-state index in [0.717, 1.165) is 5.69 Å². The van der Waals surface area contributed by atoms with Gasteiger partial charge in [0.25, 0.3) is 0 Å². The van der Waals surface area contributed by atoms with Gasteiger partial charge in [0.1, 0.15) is 12.1 Å². The summed E-state index contributed by atoms with van der Waals surface area (Å²) in [7, 11) is 0. The summed E-state index contributed by atoms with van der Waals surface area (Å²) in [4.78, 5) is 30.6. The Hall–Kier alpha value is -1.91. The molecule has 1 N–H and O–H groups in total. The molecule has 1 aromatic heterocycles. The molecule has 108 valence electrons. The molecule has 0 aliphatic carbocycles. The third-order valence-electron chi connectivity index (χ3n) is 3.45. The summed E-state index contributed by atoms with van der Waals surface area (Å²) in [6.45, 7) is 7.97. The fourth-order valence-corrected chi connectivity index (χ4v) is 2.57. The Balaban J connectivity index is 2.32. The number of carbonyl (C=O) groups excluding carboxylic acids is 2. The maximum absolute atomic E-state index is 12.4. The van der Waals surface area contributed by atoms with E-state index in [0.29, 0.717) is 6.54 Å². The standard InChI is InChI=1S/C15H21N3O2/c1-10-14(20)18(9-11-7-5-6-8-16-11)12(13(19)17-10)15(2,3)4/h5-8,10,12H,9H2,1-4H3,(H,17,19). The van der Waals surface area contributed by atoms with Crippen molar-refractivity contribution in [3.05, 3.63) is 30.1 Å². The van der Waals surface area contributed by atoms with E-state index in [4.69, 9.17) is 0 Å². The summed E-state index contributed by atoms with van der Waals surface area (Å²) >= 11 is 0. The Bertz CT molecular complexity index is 508. The fourth-order valence-electron chi connectivity index (χ4n) is 2.57. The quantitative estimate of drug-likeness (QED) is 0.886. The lowest BCUT2D eigenvalue weighted by Crippen LogP contribution is -2.65. The van der Waals surface area contributed by atoms with Crippen LogP contribution in [0.25, 0.3) is 0 Å². The van der Waals surface area contributed by atoms with Gasteiger partial charge in [0.15, 0.2) is 0 Å². The number of nitrogens with zero attached hydrogens (tertiary/aromatic N) is 2. The van der Waals surface area contributed by atoms with E-state index in [9.17, 15) is 9.59 Å². The molecule has 2 heterocycles. The van der Waals surface area contributed by atoms with E-state index in [1.165, 1.54) is 0 Å². The Kier molecular flexibility index (Phi) is 3.79. The summed E-state index contributed by atoms with van der Waals surface area (Å²) in [5.74, 6) is -0.157. The van der Waals surface area contributed by atoms with E-state index >= 15 is 0 Å². The Labute approximate surface area is 119 Å². The molecule has 1 saturated heterocycles. The molecular weight excluding hydrogens is 254 g/mol. The number of pyridine rings is 1. The molecule has 5 nitrogen and oxygen atoms in total. The third kappa shape index (κ3) is 2.81. The lowest BCUT2D eigenvalue weighted by atomic mass is 9.83. The highest BCUT2D eigenvalue weighted by Gasteiger charge is 2.44. The van der Waals surface area contributed by atoms with Gasteiger partial charge in [0, 0.05) is 6.20 Å². The van der Waals surface area contributed by atoms with E-state index in [1.807, 2.05) is 39.0 Å². The summed E-state index contributed by atoms with van der Waals surface area (Å²) in [6, 6.07) is 4.62. The second-order valence-electron chi connectivity index (χ2n) is 6.29. The zero-order chi connectivity index (χ0) is 14.9. The average Bonchev–Trinajstić information content (AvgIpc) is 2.35. The van der Waals surface area contributed by atoms with E-state index in [2.05, 4.69) is 10.3 Å². The van der Waals surface area contributed by atoms with Gasteiger partial charge in [-0.15, -0.1) is 0 Å². The van der Waals surface area contributed by atoms with Crippen LogP contribution >= 0.6 is 0 Å². The molecule has 20 heavy (non-hydrogen) atoms. The highest BCUT2D eigenvalue weighted by atomic mass is 16.2. The van der Waals surface area contributed by atoms with Crippen LogP contribution in [0.2, 0.25) is 0 Å². The molecule has 5 heteroatoms. The first-order chi connectivity index (χ1) is 9.30. The summed E-state index contributed by atoms with van der Waals surface area (Å²) in [5.41, 5.74) is 0.464. The van der Waals surface area contributed by atoms with Crippen LogP contribution in [0.5, 0.6) is 0 Å². The zero-order valence-electron chi connectivity index (χ0n) is 12.4. The lowest BCUT2D eigenvalue weighted by molar-refractivity contribution is -0.154. The number of aromatic nitrogens is 1. The maximum atomic E-state index is 12.4. The van der Waals surface area contributed by atoms with Crippen LogP contribution in [-0.4, -0.2) is 33.8 Å². The molecule has 1 aliphatic heterocycles. The number of rotatable bonds is 2. The monoisotopic (exact) mass is 275 g/mol. The minimum absolute atomic E-state index is 0.0600. The zero-order valence-corrected chi connectivity index (χ0v) is 12.4. The molecule has 2 unspecified atom stereocenters. The number of hydrogen-bond donors (Lipinski definition) is 1. The topological polar surface area (TPSA) is 62.3 Å². The van der Waals surface area contributed by atoms with Crippen molar-refractivity contribution in [2.75, 3.05) is 0 Å². The van der Waals surface area contributed by atoms with Crippen LogP contribution in [0.15, 0.2) is 24.4 Å². The Morgan fingerprint density at radius 2 is 2.00 bits per heavy atom. The number of hydrogen-bond acceptors (Lipinski definition) is 3. The van der Waals surface area contributed by atoms with Crippen molar-refractivity contribution in [2.24, 2.45) is 5.41 Å². The molecule has 1 aliphatic rings. The number of amides is 2. The van der Waals surface area contributed by atoms with Crippen molar-refractivity contribution in [3.63, 3.8) is 0 Å². The van der Waals surface area contributed by atoms with E-state index < -0.39 is 12.1 Å². The van der Waals surface area contributed by atoms with Crippen molar-refractivity contribution in [3.8, 4) is 0 Å². The molecule has 2 amide bonds.